The number of alkyl halides is 1. The number of anilines is 1. The van der Waals surface area contributed by atoms with Gasteiger partial charge in [-0.15, -0.1) is 0 Å². The van der Waals surface area contributed by atoms with Crippen LogP contribution in [0, 0.1) is 5.82 Å². The monoisotopic (exact) mass is 303 g/mol. The number of ether oxygens (including phenoxy) is 1. The lowest BCUT2D eigenvalue weighted by Gasteiger charge is -2.22. The summed E-state index contributed by atoms with van der Waals surface area (Å²) in [5, 5.41) is 0.648. The third-order valence-corrected chi connectivity index (χ3v) is 3.08. The van der Waals surface area contributed by atoms with E-state index in [1.165, 1.54) is 6.07 Å². The van der Waals surface area contributed by atoms with Crippen LogP contribution >= 0.6 is 15.9 Å². The van der Waals surface area contributed by atoms with E-state index in [0.717, 1.165) is 17.8 Å². The maximum Gasteiger partial charge on any atom is 0.123 e. The summed E-state index contributed by atoms with van der Waals surface area (Å²) in [6.07, 6.45) is 0.243. The molecule has 0 atom stereocenters. The Balaban J connectivity index is 2.64. The molecule has 1 aromatic rings. The van der Waals surface area contributed by atoms with Crippen LogP contribution in [0.25, 0.3) is 0 Å². The zero-order valence-electron chi connectivity index (χ0n) is 10.5. The van der Waals surface area contributed by atoms with Gasteiger partial charge in [0.05, 0.1) is 12.7 Å². The van der Waals surface area contributed by atoms with Crippen molar-refractivity contribution in [1.82, 2.24) is 0 Å². The minimum Gasteiger partial charge on any atom is -0.377 e. The van der Waals surface area contributed by atoms with Crippen molar-refractivity contribution in [2.24, 2.45) is 0 Å². The van der Waals surface area contributed by atoms with Crippen molar-refractivity contribution in [3.05, 3.63) is 29.6 Å². The van der Waals surface area contributed by atoms with E-state index in [4.69, 9.17) is 4.74 Å². The van der Waals surface area contributed by atoms with Gasteiger partial charge in [-0.25, -0.2) is 4.39 Å². The summed E-state index contributed by atoms with van der Waals surface area (Å²) in [6.45, 7) is 5.50. The molecule has 0 N–H and O–H groups in total. The molecule has 0 fully saturated rings. The highest BCUT2D eigenvalue weighted by Gasteiger charge is 2.08. The van der Waals surface area contributed by atoms with E-state index < -0.39 is 0 Å². The number of hydrogen-bond donors (Lipinski definition) is 0. The highest BCUT2D eigenvalue weighted by molar-refractivity contribution is 9.08. The van der Waals surface area contributed by atoms with Gasteiger partial charge >= 0.3 is 0 Å². The minimum atomic E-state index is -0.199. The second-order valence-corrected chi connectivity index (χ2v) is 4.81. The first-order valence-corrected chi connectivity index (χ1v) is 6.84. The molecule has 2 nitrogen and oxygen atoms in total. The van der Waals surface area contributed by atoms with Crippen LogP contribution in [0.5, 0.6) is 0 Å². The first-order chi connectivity index (χ1) is 8.04. The van der Waals surface area contributed by atoms with E-state index in [2.05, 4.69) is 20.8 Å². The average Bonchev–Trinajstić information content (AvgIpc) is 2.28. The van der Waals surface area contributed by atoms with Crippen molar-refractivity contribution in [2.45, 2.75) is 25.3 Å². The van der Waals surface area contributed by atoms with E-state index in [9.17, 15) is 4.39 Å². The Morgan fingerprint density at radius 1 is 1.41 bits per heavy atom. The van der Waals surface area contributed by atoms with Gasteiger partial charge < -0.3 is 9.64 Å². The fourth-order valence-electron chi connectivity index (χ4n) is 1.58. The summed E-state index contributed by atoms with van der Waals surface area (Å²) >= 11 is 3.38. The largest absolute Gasteiger partial charge is 0.377 e. The van der Waals surface area contributed by atoms with E-state index in [1.807, 2.05) is 20.9 Å². The first-order valence-electron chi connectivity index (χ1n) is 5.71. The number of benzene rings is 1. The highest BCUT2D eigenvalue weighted by Crippen LogP contribution is 2.22. The number of nitrogens with zero attached hydrogens (tertiary/aromatic N) is 1. The molecule has 0 saturated carbocycles. The molecule has 0 spiro atoms. The Labute approximate surface area is 111 Å². The fraction of sp³-hybridized carbons (Fsp3) is 0.538. The Morgan fingerprint density at radius 2 is 2.12 bits per heavy atom. The van der Waals surface area contributed by atoms with Crippen LogP contribution in [0.4, 0.5) is 10.1 Å². The molecule has 0 unspecified atom stereocenters. The first kappa shape index (κ1) is 14.5. The topological polar surface area (TPSA) is 12.5 Å². The molecule has 1 aromatic carbocycles. The van der Waals surface area contributed by atoms with Gasteiger partial charge in [0.15, 0.2) is 0 Å². The molecule has 1 rings (SSSR count). The van der Waals surface area contributed by atoms with Crippen LogP contribution in [0.1, 0.15) is 19.4 Å². The molecule has 4 heteroatoms. The van der Waals surface area contributed by atoms with Crippen LogP contribution in [-0.4, -0.2) is 26.3 Å². The maximum atomic E-state index is 13.1. The maximum absolute atomic E-state index is 13.1. The van der Waals surface area contributed by atoms with Crippen LogP contribution in [0.15, 0.2) is 18.2 Å². The Kier molecular flexibility index (Phi) is 5.92. The number of rotatable bonds is 6. The highest BCUT2D eigenvalue weighted by atomic mass is 79.9. The van der Waals surface area contributed by atoms with Crippen molar-refractivity contribution < 1.29 is 9.13 Å². The molecular formula is C13H19BrFNO. The lowest BCUT2D eigenvalue weighted by molar-refractivity contribution is 0.0846. The Hall–Kier alpha value is -0.610. The third-order valence-electron chi connectivity index (χ3n) is 2.47. The van der Waals surface area contributed by atoms with Crippen molar-refractivity contribution in [3.63, 3.8) is 0 Å². The van der Waals surface area contributed by atoms with Gasteiger partial charge in [0.2, 0.25) is 0 Å². The average molecular weight is 304 g/mol. The van der Waals surface area contributed by atoms with Crippen LogP contribution in [0.2, 0.25) is 0 Å². The van der Waals surface area contributed by atoms with Crippen LogP contribution in [0.3, 0.4) is 0 Å². The summed E-state index contributed by atoms with van der Waals surface area (Å²) < 4.78 is 18.6. The lowest BCUT2D eigenvalue weighted by Crippen LogP contribution is -2.24. The second-order valence-electron chi connectivity index (χ2n) is 4.25. The van der Waals surface area contributed by atoms with E-state index in [1.54, 1.807) is 12.1 Å². The third kappa shape index (κ3) is 4.64. The molecule has 0 aliphatic rings. The number of likely N-dealkylation sites (N-methyl/N-ethyl adjacent to an activating group) is 1. The van der Waals surface area contributed by atoms with Crippen LogP contribution < -0.4 is 4.90 Å². The van der Waals surface area contributed by atoms with Gasteiger partial charge in [-0.3, -0.25) is 0 Å². The number of halogens is 2. The predicted molar refractivity (Wildman–Crippen MR) is 73.4 cm³/mol. The quantitative estimate of drug-likeness (QED) is 0.745. The Morgan fingerprint density at radius 3 is 2.71 bits per heavy atom. The molecule has 17 heavy (non-hydrogen) atoms. The summed E-state index contributed by atoms with van der Waals surface area (Å²) in [5.41, 5.74) is 1.99. The smallest absolute Gasteiger partial charge is 0.123 e. The molecule has 0 amide bonds. The van der Waals surface area contributed by atoms with Gasteiger partial charge in [-0.1, -0.05) is 15.9 Å². The van der Waals surface area contributed by atoms with Gasteiger partial charge in [0, 0.05) is 24.6 Å². The van der Waals surface area contributed by atoms with Crippen molar-refractivity contribution in [2.75, 3.05) is 25.1 Å². The summed E-state index contributed by atoms with van der Waals surface area (Å²) in [7, 11) is 1.99. The standard InChI is InChI=1S/C13H19BrFNO/c1-10(2)17-7-6-16(3)13-5-4-12(15)8-11(13)9-14/h4-5,8,10H,6-7,9H2,1-3H3. The van der Waals surface area contributed by atoms with Gasteiger partial charge in [0.1, 0.15) is 5.82 Å². The molecule has 0 bridgehead atoms. The zero-order valence-corrected chi connectivity index (χ0v) is 12.1. The van der Waals surface area contributed by atoms with Gasteiger partial charge in [0.25, 0.3) is 0 Å². The normalized spacial score (nSPS) is 10.9. The summed E-state index contributed by atoms with van der Waals surface area (Å²) in [6, 6.07) is 4.85. The lowest BCUT2D eigenvalue weighted by atomic mass is 10.2. The molecule has 0 aliphatic heterocycles. The van der Waals surface area contributed by atoms with Crippen LogP contribution in [-0.2, 0) is 10.1 Å². The Bertz CT molecular complexity index is 357. The van der Waals surface area contributed by atoms with E-state index in [0.29, 0.717) is 11.9 Å². The molecule has 0 aliphatic carbocycles. The fourth-order valence-corrected chi connectivity index (χ4v) is 2.03. The van der Waals surface area contributed by atoms with Crippen molar-refractivity contribution in [1.29, 1.82) is 0 Å². The number of hydrogen-bond acceptors (Lipinski definition) is 2. The van der Waals surface area contributed by atoms with Crippen molar-refractivity contribution >= 4 is 21.6 Å². The predicted octanol–water partition coefficient (Wildman–Crippen LogP) is 3.58. The van der Waals surface area contributed by atoms with E-state index >= 15 is 0 Å². The molecule has 0 radical (unpaired) electrons. The SMILES string of the molecule is CC(C)OCCN(C)c1ccc(F)cc1CBr. The molecule has 96 valence electrons. The molecular weight excluding hydrogens is 285 g/mol. The minimum absolute atomic E-state index is 0.199. The van der Waals surface area contributed by atoms with Crippen molar-refractivity contribution in [3.8, 4) is 0 Å². The van der Waals surface area contributed by atoms with Gasteiger partial charge in [-0.2, -0.15) is 0 Å². The summed E-state index contributed by atoms with van der Waals surface area (Å²) in [4.78, 5) is 2.08. The zero-order chi connectivity index (χ0) is 12.8. The molecule has 0 saturated heterocycles. The molecule has 0 heterocycles. The second kappa shape index (κ2) is 6.97. The van der Waals surface area contributed by atoms with E-state index in [-0.39, 0.29) is 11.9 Å². The van der Waals surface area contributed by atoms with Gasteiger partial charge in [-0.05, 0) is 37.6 Å². The molecule has 0 aromatic heterocycles. The summed E-state index contributed by atoms with van der Waals surface area (Å²) in [5.74, 6) is -0.199.